The minimum absolute atomic E-state index is 0.151. The highest BCUT2D eigenvalue weighted by atomic mass is 32.1. The Balaban J connectivity index is 1.48. The first-order valence-corrected chi connectivity index (χ1v) is 8.99. The van der Waals surface area contributed by atoms with Crippen LogP contribution >= 0.6 is 11.3 Å². The summed E-state index contributed by atoms with van der Waals surface area (Å²) in [5.74, 6) is 0.593. The maximum Gasteiger partial charge on any atom is 0.261 e. The molecule has 27 heavy (non-hydrogen) atoms. The van der Waals surface area contributed by atoms with Gasteiger partial charge in [-0.05, 0) is 35.2 Å². The third-order valence-corrected chi connectivity index (χ3v) is 4.85. The van der Waals surface area contributed by atoms with E-state index in [4.69, 9.17) is 10.5 Å². The van der Waals surface area contributed by atoms with Crippen LogP contribution in [0.3, 0.4) is 0 Å². The van der Waals surface area contributed by atoms with E-state index in [9.17, 15) is 4.79 Å². The molecule has 0 aliphatic carbocycles. The van der Waals surface area contributed by atoms with Crippen LogP contribution in [0.25, 0.3) is 16.8 Å². The molecule has 0 aromatic carbocycles. The SMILES string of the molecule is COc1cccc(CNC(=O)c2cc(-c3ccc4nc(N)nn4c3)cs2)n1. The number of nitrogens with one attached hydrogen (secondary N) is 1. The highest BCUT2D eigenvalue weighted by Gasteiger charge is 2.11. The molecule has 4 rings (SSSR count). The third-order valence-electron chi connectivity index (χ3n) is 3.92. The zero-order valence-corrected chi connectivity index (χ0v) is 15.2. The van der Waals surface area contributed by atoms with E-state index in [1.54, 1.807) is 17.7 Å². The van der Waals surface area contributed by atoms with Crippen molar-refractivity contribution in [3.8, 4) is 17.0 Å². The van der Waals surface area contributed by atoms with Crippen molar-refractivity contribution in [1.29, 1.82) is 0 Å². The maximum atomic E-state index is 12.4. The number of carbonyl (C=O) groups excluding carboxylic acids is 1. The number of nitrogen functional groups attached to an aromatic ring is 1. The molecular formula is C18H16N6O2S. The van der Waals surface area contributed by atoms with Crippen LogP contribution in [0.5, 0.6) is 5.88 Å². The fourth-order valence-electron chi connectivity index (χ4n) is 2.61. The Morgan fingerprint density at radius 3 is 3.00 bits per heavy atom. The first-order valence-electron chi connectivity index (χ1n) is 8.11. The fraction of sp³-hybridized carbons (Fsp3) is 0.111. The van der Waals surface area contributed by atoms with Crippen LogP contribution < -0.4 is 15.8 Å². The summed E-state index contributed by atoms with van der Waals surface area (Å²) in [6, 6.07) is 11.0. The van der Waals surface area contributed by atoms with Crippen molar-refractivity contribution < 1.29 is 9.53 Å². The molecule has 4 heterocycles. The van der Waals surface area contributed by atoms with Crippen LogP contribution in [-0.2, 0) is 6.54 Å². The molecule has 4 aromatic rings. The normalized spacial score (nSPS) is 10.9. The second kappa shape index (κ2) is 7.04. The van der Waals surface area contributed by atoms with Gasteiger partial charge in [-0.25, -0.2) is 9.50 Å². The Labute approximate surface area is 158 Å². The van der Waals surface area contributed by atoms with E-state index in [-0.39, 0.29) is 11.9 Å². The number of methoxy groups -OCH3 is 1. The number of amides is 1. The number of rotatable bonds is 5. The molecule has 0 bridgehead atoms. The zero-order valence-electron chi connectivity index (χ0n) is 14.4. The molecular weight excluding hydrogens is 364 g/mol. The van der Waals surface area contributed by atoms with E-state index >= 15 is 0 Å². The van der Waals surface area contributed by atoms with E-state index in [1.165, 1.54) is 11.3 Å². The van der Waals surface area contributed by atoms with Crippen LogP contribution in [0.2, 0.25) is 0 Å². The van der Waals surface area contributed by atoms with Gasteiger partial charge in [-0.2, -0.15) is 4.98 Å². The number of aromatic nitrogens is 4. The molecule has 9 heteroatoms. The number of hydrogen-bond donors (Lipinski definition) is 2. The number of carbonyl (C=O) groups is 1. The molecule has 0 saturated heterocycles. The average Bonchev–Trinajstić information content (AvgIpc) is 3.31. The lowest BCUT2D eigenvalue weighted by Gasteiger charge is -2.05. The largest absolute Gasteiger partial charge is 0.481 e. The Morgan fingerprint density at radius 1 is 1.26 bits per heavy atom. The Morgan fingerprint density at radius 2 is 2.15 bits per heavy atom. The highest BCUT2D eigenvalue weighted by Crippen LogP contribution is 2.26. The minimum atomic E-state index is -0.151. The molecule has 0 radical (unpaired) electrons. The molecule has 0 unspecified atom stereocenters. The van der Waals surface area contributed by atoms with E-state index in [0.29, 0.717) is 22.9 Å². The smallest absolute Gasteiger partial charge is 0.261 e. The minimum Gasteiger partial charge on any atom is -0.481 e. The van der Waals surface area contributed by atoms with E-state index in [0.717, 1.165) is 16.8 Å². The summed E-state index contributed by atoms with van der Waals surface area (Å²) in [5.41, 5.74) is 8.88. The summed E-state index contributed by atoms with van der Waals surface area (Å²) in [6.07, 6.45) is 1.84. The first kappa shape index (κ1) is 17.0. The van der Waals surface area contributed by atoms with Crippen molar-refractivity contribution >= 4 is 28.8 Å². The molecule has 0 aliphatic heterocycles. The van der Waals surface area contributed by atoms with Gasteiger partial charge in [0.05, 0.1) is 24.2 Å². The van der Waals surface area contributed by atoms with E-state index < -0.39 is 0 Å². The molecule has 0 aliphatic rings. The van der Waals surface area contributed by atoms with Crippen molar-refractivity contribution in [2.75, 3.05) is 12.8 Å². The second-order valence-corrected chi connectivity index (χ2v) is 6.66. The first-order chi connectivity index (χ1) is 13.1. The summed E-state index contributed by atoms with van der Waals surface area (Å²) in [6.45, 7) is 0.327. The molecule has 8 nitrogen and oxygen atoms in total. The van der Waals surface area contributed by atoms with Gasteiger partial charge in [0.25, 0.3) is 5.91 Å². The van der Waals surface area contributed by atoms with Crippen LogP contribution in [-0.4, -0.2) is 32.6 Å². The standard InChI is InChI=1S/C18H16N6O2S/c1-26-16-4-2-3-13(21-16)8-20-17(25)14-7-12(10-27-14)11-5-6-15-22-18(19)23-24(15)9-11/h2-7,9-10H,8H2,1H3,(H2,19,23)(H,20,25). The van der Waals surface area contributed by atoms with Gasteiger partial charge in [-0.1, -0.05) is 6.07 Å². The average molecular weight is 380 g/mol. The zero-order chi connectivity index (χ0) is 18.8. The van der Waals surface area contributed by atoms with Gasteiger partial charge in [0, 0.05) is 17.8 Å². The van der Waals surface area contributed by atoms with Crippen molar-refractivity contribution in [1.82, 2.24) is 24.9 Å². The van der Waals surface area contributed by atoms with Crippen LogP contribution in [0.15, 0.2) is 48.0 Å². The van der Waals surface area contributed by atoms with Crippen molar-refractivity contribution in [3.63, 3.8) is 0 Å². The van der Waals surface area contributed by atoms with Gasteiger partial charge in [0.1, 0.15) is 0 Å². The molecule has 3 N–H and O–H groups in total. The number of fused-ring (bicyclic) bond motifs is 1. The van der Waals surface area contributed by atoms with Crippen molar-refractivity contribution in [3.05, 3.63) is 58.5 Å². The molecule has 0 saturated carbocycles. The van der Waals surface area contributed by atoms with E-state index in [2.05, 4.69) is 20.4 Å². The van der Waals surface area contributed by atoms with E-state index in [1.807, 2.05) is 41.9 Å². The van der Waals surface area contributed by atoms with Gasteiger partial charge in [0.2, 0.25) is 11.8 Å². The number of ether oxygens (including phenoxy) is 1. The number of nitrogens with two attached hydrogens (primary N) is 1. The third kappa shape index (κ3) is 3.58. The highest BCUT2D eigenvalue weighted by molar-refractivity contribution is 7.12. The van der Waals surface area contributed by atoms with Gasteiger partial charge in [-0.3, -0.25) is 4.79 Å². The summed E-state index contributed by atoms with van der Waals surface area (Å²) in [5, 5.41) is 8.91. The summed E-state index contributed by atoms with van der Waals surface area (Å²) in [7, 11) is 1.56. The predicted molar refractivity (Wildman–Crippen MR) is 103 cm³/mol. The van der Waals surface area contributed by atoms with Crippen molar-refractivity contribution in [2.24, 2.45) is 0 Å². The summed E-state index contributed by atoms with van der Waals surface area (Å²) >= 11 is 1.38. The van der Waals surface area contributed by atoms with Gasteiger partial charge in [0.15, 0.2) is 5.65 Å². The van der Waals surface area contributed by atoms with Gasteiger partial charge < -0.3 is 15.8 Å². The topological polar surface area (TPSA) is 107 Å². The molecule has 1 amide bonds. The maximum absolute atomic E-state index is 12.4. The van der Waals surface area contributed by atoms with Crippen LogP contribution in [0.1, 0.15) is 15.4 Å². The number of hydrogen-bond acceptors (Lipinski definition) is 7. The number of pyridine rings is 2. The molecule has 4 aromatic heterocycles. The summed E-state index contributed by atoms with van der Waals surface area (Å²) < 4.78 is 6.71. The summed E-state index contributed by atoms with van der Waals surface area (Å²) in [4.78, 5) is 21.4. The van der Waals surface area contributed by atoms with Crippen LogP contribution in [0.4, 0.5) is 5.95 Å². The Bertz CT molecular complexity index is 1120. The number of nitrogens with zero attached hydrogens (tertiary/aromatic N) is 4. The monoisotopic (exact) mass is 380 g/mol. The predicted octanol–water partition coefficient (Wildman–Crippen LogP) is 2.37. The second-order valence-electron chi connectivity index (χ2n) is 5.74. The molecule has 0 spiro atoms. The molecule has 0 atom stereocenters. The molecule has 136 valence electrons. The number of thiophene rings is 1. The Hall–Kier alpha value is -3.46. The lowest BCUT2D eigenvalue weighted by atomic mass is 10.1. The molecule has 0 fully saturated rings. The number of anilines is 1. The fourth-order valence-corrected chi connectivity index (χ4v) is 3.44. The van der Waals surface area contributed by atoms with Gasteiger partial charge in [-0.15, -0.1) is 16.4 Å². The van der Waals surface area contributed by atoms with Gasteiger partial charge >= 0.3 is 0 Å². The van der Waals surface area contributed by atoms with Crippen molar-refractivity contribution in [2.45, 2.75) is 6.54 Å². The lowest BCUT2D eigenvalue weighted by Crippen LogP contribution is -2.22. The Kier molecular flexibility index (Phi) is 4.43. The lowest BCUT2D eigenvalue weighted by molar-refractivity contribution is 0.0954. The van der Waals surface area contributed by atoms with Crippen LogP contribution in [0, 0.1) is 0 Å². The quantitative estimate of drug-likeness (QED) is 0.550.